The molecule has 95 heavy (non-hydrogen) atoms. The normalized spacial score (nSPS) is 25.7. The number of ether oxygens (including phenoxy) is 10. The van der Waals surface area contributed by atoms with Gasteiger partial charge in [-0.2, -0.15) is 15.0 Å². The van der Waals surface area contributed by atoms with E-state index >= 15 is 0 Å². The van der Waals surface area contributed by atoms with Crippen molar-refractivity contribution in [2.24, 2.45) is 16.2 Å². The molecule has 3 aliphatic rings. The summed E-state index contributed by atoms with van der Waals surface area (Å²) in [5.74, 6) is 0.480. The van der Waals surface area contributed by atoms with E-state index in [1.54, 1.807) is 82.0 Å². The highest BCUT2D eigenvalue weighted by Gasteiger charge is 2.54. The maximum atomic E-state index is 12.9. The quantitative estimate of drug-likeness (QED) is 0.0392. The van der Waals surface area contributed by atoms with Crippen molar-refractivity contribution in [1.82, 2.24) is 28.7 Å². The zero-order valence-corrected chi connectivity index (χ0v) is 63.1. The second kappa shape index (κ2) is 34.1. The van der Waals surface area contributed by atoms with Crippen LogP contribution in [0.1, 0.15) is 179 Å². The number of hydrogen-bond donors (Lipinski definition) is 5. The van der Waals surface area contributed by atoms with E-state index in [0.717, 1.165) is 6.42 Å². The fraction of sp³-hybridized carbons (Fsp3) is 0.810. The Balaban J connectivity index is 0.000000304. The standard InChI is InChI=1S/C21H38N3O8P.C21H38N3O7PS.C21H37N3O5/c1-13-12-24(19(25)23-17(13)22)18-16(29-10-9-28-8)15(14(30-18)11-20(2,3)4)31-33(26,27)32-21(5,6)7;1-13-12-24(19(25)23-17(13)22)18-16(28-10-9-27-8)15(14(29-18)11-20(2,3)4)30-32(26,33)31-21(5,6)7;1-13-12-24(19(25)23-17(13)22)18-16(27-10-9-26-8)15(29-21(5,6)7)14(28-18)11-20(2,3)4/h12,14-16,18H,9-11H2,1-8H3,(H,26,27)(H2,22,23,25);12,14-16,18H,9-11H2,1-8H3,(H,26,33)(H2,22,23,25);12,14-16,18H,9-11H2,1-8H3,(H2,22,23,25)/t14-,15?,16+,18-;14-,15?,16+,18-,32?;14-,15?,16+,18-/m111/s1. The number of rotatable bonds is 25. The average molecular weight is 1410 g/mol. The molecule has 0 aromatic carbocycles. The Morgan fingerprint density at radius 2 is 0.747 bits per heavy atom. The molecule has 29 nitrogen and oxygen atoms in total. The summed E-state index contributed by atoms with van der Waals surface area (Å²) in [7, 11) is 0.204. The molecule has 546 valence electrons. The van der Waals surface area contributed by atoms with Crippen LogP contribution in [-0.4, -0.2) is 171 Å². The molecule has 0 bridgehead atoms. The van der Waals surface area contributed by atoms with Gasteiger partial charge < -0.3 is 78.9 Å². The van der Waals surface area contributed by atoms with Gasteiger partial charge in [0, 0.05) is 56.6 Å². The van der Waals surface area contributed by atoms with E-state index in [1.807, 2.05) is 48.5 Å². The Morgan fingerprint density at radius 3 is 1.02 bits per heavy atom. The van der Waals surface area contributed by atoms with Crippen molar-refractivity contribution in [1.29, 1.82) is 0 Å². The van der Waals surface area contributed by atoms with E-state index in [2.05, 4.69) is 56.5 Å². The van der Waals surface area contributed by atoms with Crippen LogP contribution in [0.5, 0.6) is 0 Å². The largest absolute Gasteiger partial charge is 0.473 e. The molecule has 3 aliphatic heterocycles. The van der Waals surface area contributed by atoms with Gasteiger partial charge in [-0.15, -0.1) is 0 Å². The van der Waals surface area contributed by atoms with Gasteiger partial charge in [-0.05, 0) is 130 Å². The second-order valence-electron chi connectivity index (χ2n) is 30.7. The Kier molecular flexibility index (Phi) is 30.0. The molecule has 0 aliphatic carbocycles. The minimum atomic E-state index is -4.50. The summed E-state index contributed by atoms with van der Waals surface area (Å²) in [6.07, 6.45) is -1.72. The minimum Gasteiger partial charge on any atom is -0.383 e. The van der Waals surface area contributed by atoms with Crippen molar-refractivity contribution in [2.45, 2.75) is 255 Å². The van der Waals surface area contributed by atoms with Crippen LogP contribution in [0.4, 0.5) is 17.5 Å². The lowest BCUT2D eigenvalue weighted by Crippen LogP contribution is -2.44. The van der Waals surface area contributed by atoms with E-state index < -0.39 is 110 Å². The Labute approximate surface area is 566 Å². The summed E-state index contributed by atoms with van der Waals surface area (Å²) in [4.78, 5) is 71.0. The number of hydrogen-bond acceptors (Lipinski definition) is 25. The number of nitrogens with two attached hydrogens (primary N) is 3. The number of nitrogens with zero attached hydrogens (tertiary/aromatic N) is 6. The molecular formula is C63H113N9O20P2S. The molecule has 8 N–H and O–H groups in total. The first-order valence-corrected chi connectivity index (χ1v) is 35.9. The number of nitrogen functional groups attached to an aromatic ring is 3. The van der Waals surface area contributed by atoms with Gasteiger partial charge in [-0.1, -0.05) is 62.3 Å². The van der Waals surface area contributed by atoms with E-state index in [9.17, 15) is 28.7 Å². The zero-order chi connectivity index (χ0) is 72.4. The topological polar surface area (TPSA) is 369 Å². The maximum absolute atomic E-state index is 12.9. The monoisotopic (exact) mass is 1410 g/mol. The molecule has 0 saturated carbocycles. The van der Waals surface area contributed by atoms with Gasteiger partial charge in [-0.25, -0.2) is 18.9 Å². The first-order chi connectivity index (χ1) is 43.4. The van der Waals surface area contributed by atoms with E-state index in [0.29, 0.717) is 49.4 Å². The van der Waals surface area contributed by atoms with Crippen LogP contribution in [0.25, 0.3) is 0 Å². The molecule has 0 amide bonds. The molecule has 3 saturated heterocycles. The molecule has 3 fully saturated rings. The number of methoxy groups -OCH3 is 3. The minimum absolute atomic E-state index is 0.0103. The van der Waals surface area contributed by atoms with Crippen LogP contribution < -0.4 is 34.3 Å². The summed E-state index contributed by atoms with van der Waals surface area (Å²) in [5, 5.41) is 0. The summed E-state index contributed by atoms with van der Waals surface area (Å²) < 4.78 is 98.5. The van der Waals surface area contributed by atoms with Gasteiger partial charge >= 0.3 is 31.6 Å². The molecule has 5 unspecified atom stereocenters. The first-order valence-electron chi connectivity index (χ1n) is 31.8. The molecule has 0 spiro atoms. The summed E-state index contributed by atoms with van der Waals surface area (Å²) in [6, 6.07) is 0. The lowest BCUT2D eigenvalue weighted by molar-refractivity contribution is -0.134. The van der Waals surface area contributed by atoms with Crippen molar-refractivity contribution in [3.05, 3.63) is 66.7 Å². The Morgan fingerprint density at radius 1 is 0.463 bits per heavy atom. The third-order valence-electron chi connectivity index (χ3n) is 14.2. The van der Waals surface area contributed by atoms with Crippen molar-refractivity contribution >= 4 is 43.8 Å². The molecule has 32 heteroatoms. The highest BCUT2D eigenvalue weighted by Crippen LogP contribution is 2.54. The van der Waals surface area contributed by atoms with Crippen molar-refractivity contribution in [3.63, 3.8) is 0 Å². The fourth-order valence-corrected chi connectivity index (χ4v) is 14.1. The lowest BCUT2D eigenvalue weighted by atomic mass is 9.87. The van der Waals surface area contributed by atoms with Crippen LogP contribution in [0.2, 0.25) is 0 Å². The predicted octanol–water partition coefficient (Wildman–Crippen LogP) is 8.40. The molecule has 3 aromatic rings. The molecular weight excluding hydrogens is 1300 g/mol. The lowest BCUT2D eigenvalue weighted by Gasteiger charge is -2.33. The number of anilines is 3. The number of aromatic nitrogens is 6. The van der Waals surface area contributed by atoms with Gasteiger partial charge in [-0.3, -0.25) is 27.3 Å². The smallest absolute Gasteiger partial charge is 0.383 e. The Bertz CT molecular complexity index is 3080. The predicted molar refractivity (Wildman–Crippen MR) is 364 cm³/mol. The number of phosphoric acid groups is 1. The molecule has 6 heterocycles. The third kappa shape index (κ3) is 27.0. The zero-order valence-electron chi connectivity index (χ0n) is 60.5. The van der Waals surface area contributed by atoms with Gasteiger partial charge in [0.1, 0.15) is 54.1 Å². The van der Waals surface area contributed by atoms with Gasteiger partial charge in [0.05, 0.1) is 74.8 Å². The number of phosphoric ester groups is 1. The maximum Gasteiger partial charge on any atom is 0.473 e. The van der Waals surface area contributed by atoms with Crippen molar-refractivity contribution < 1.29 is 79.8 Å². The van der Waals surface area contributed by atoms with Crippen LogP contribution in [0.15, 0.2) is 33.0 Å². The number of aryl methyl sites for hydroxylation is 3. The van der Waals surface area contributed by atoms with Crippen LogP contribution in [0, 0.1) is 37.0 Å². The van der Waals surface area contributed by atoms with Gasteiger partial charge in [0.25, 0.3) is 0 Å². The fourth-order valence-electron chi connectivity index (χ4n) is 10.6. The van der Waals surface area contributed by atoms with Crippen LogP contribution in [0.3, 0.4) is 0 Å². The summed E-state index contributed by atoms with van der Waals surface area (Å²) in [5.41, 5.74) is 15.2. The Hall–Kier alpha value is -3.72. The molecule has 3 aromatic heterocycles. The van der Waals surface area contributed by atoms with Crippen molar-refractivity contribution in [2.75, 3.05) is 78.2 Å². The highest BCUT2D eigenvalue weighted by atomic mass is 32.5. The van der Waals surface area contributed by atoms with Crippen LogP contribution in [-0.2, 0) is 81.8 Å². The van der Waals surface area contributed by atoms with Gasteiger partial charge in [0.15, 0.2) is 18.7 Å². The first kappa shape index (κ1) is 83.7. The molecule has 0 radical (unpaired) electrons. The molecule has 6 rings (SSSR count). The van der Waals surface area contributed by atoms with Crippen LogP contribution >= 0.6 is 14.5 Å². The summed E-state index contributed by atoms with van der Waals surface area (Å²) in [6.45, 7) is 38.3. The van der Waals surface area contributed by atoms with E-state index in [-0.39, 0.29) is 65.7 Å². The summed E-state index contributed by atoms with van der Waals surface area (Å²) >= 11 is 5.32. The highest BCUT2D eigenvalue weighted by molar-refractivity contribution is 8.07. The van der Waals surface area contributed by atoms with Crippen molar-refractivity contribution in [3.8, 4) is 0 Å². The van der Waals surface area contributed by atoms with E-state index in [1.165, 1.54) is 27.0 Å². The second-order valence-corrected chi connectivity index (χ2v) is 34.7. The SMILES string of the molecule is COCCO[C@H]1C(OC(C)(C)C)[C@@H](CC(C)(C)C)O[C@H]1n1cc(C)c(N)nc1=O.COCCO[C@H]1C(OP(=O)(O)OC(C)(C)C)[C@@H](CC(C)(C)C)O[C@H]1n1cc(C)c(N)nc1=O.COCCO[C@H]1C(OP(O)(=S)OC(C)(C)C)[C@@H](CC(C)(C)C)O[C@H]1n1cc(C)c(N)nc1=O. The van der Waals surface area contributed by atoms with Gasteiger partial charge in [0.2, 0.25) is 0 Å². The third-order valence-corrected chi connectivity index (χ3v) is 17.3. The van der Waals surface area contributed by atoms with E-state index in [4.69, 9.17) is 94.5 Å². The average Bonchev–Trinajstić information content (AvgIpc) is 1.65. The molecule has 14 atom stereocenters.